The minimum absolute atomic E-state index is 0.905. The van der Waals surface area contributed by atoms with Crippen LogP contribution in [0.1, 0.15) is 5.56 Å². The van der Waals surface area contributed by atoms with E-state index in [9.17, 15) is 0 Å². The molecule has 0 bridgehead atoms. The molecule has 1 nitrogen and oxygen atoms in total. The highest BCUT2D eigenvalue weighted by Gasteiger charge is 2.05. The molecule has 0 radical (unpaired) electrons. The maximum absolute atomic E-state index is 3.27. The van der Waals surface area contributed by atoms with Crippen LogP contribution in [-0.4, -0.2) is 7.05 Å². The van der Waals surface area contributed by atoms with Crippen LogP contribution in [0.15, 0.2) is 54.6 Å². The Hall–Kier alpha value is -1.86. The normalized spacial score (nSPS) is 11.1. The van der Waals surface area contributed by atoms with Gasteiger partial charge in [0.25, 0.3) is 0 Å². The van der Waals surface area contributed by atoms with Gasteiger partial charge in [-0.3, -0.25) is 0 Å². The molecule has 0 atom stereocenters. The molecule has 3 rings (SSSR count). The van der Waals surface area contributed by atoms with E-state index in [2.05, 4.69) is 59.9 Å². The Morgan fingerprint density at radius 2 is 1.35 bits per heavy atom. The van der Waals surface area contributed by atoms with Crippen LogP contribution in [0.5, 0.6) is 0 Å². The van der Waals surface area contributed by atoms with Crippen molar-refractivity contribution in [3.05, 3.63) is 60.2 Å². The van der Waals surface area contributed by atoms with Gasteiger partial charge in [0.1, 0.15) is 0 Å². The topological polar surface area (TPSA) is 12.0 Å². The van der Waals surface area contributed by atoms with Crippen LogP contribution in [0.2, 0.25) is 0 Å². The van der Waals surface area contributed by atoms with Gasteiger partial charge in [0.15, 0.2) is 0 Å². The van der Waals surface area contributed by atoms with Crippen molar-refractivity contribution >= 4 is 21.5 Å². The summed E-state index contributed by atoms with van der Waals surface area (Å²) >= 11 is 0. The van der Waals surface area contributed by atoms with Crippen molar-refractivity contribution in [1.29, 1.82) is 0 Å². The van der Waals surface area contributed by atoms with Crippen LogP contribution in [0.3, 0.4) is 0 Å². The van der Waals surface area contributed by atoms with E-state index < -0.39 is 0 Å². The van der Waals surface area contributed by atoms with Crippen LogP contribution in [0, 0.1) is 0 Å². The number of fused-ring (bicyclic) bond motifs is 2. The predicted molar refractivity (Wildman–Crippen MR) is 74.2 cm³/mol. The molecule has 0 saturated carbocycles. The molecule has 0 spiro atoms. The van der Waals surface area contributed by atoms with Gasteiger partial charge in [-0.15, -0.1) is 0 Å². The minimum atomic E-state index is 0.905. The summed E-state index contributed by atoms with van der Waals surface area (Å²) in [6, 6.07) is 19.4. The molecular weight excluding hydrogens is 206 g/mol. The lowest BCUT2D eigenvalue weighted by atomic mass is 9.97. The highest BCUT2D eigenvalue weighted by Crippen LogP contribution is 2.28. The average Bonchev–Trinajstić information content (AvgIpc) is 2.39. The monoisotopic (exact) mass is 221 g/mol. The van der Waals surface area contributed by atoms with Crippen molar-refractivity contribution in [2.45, 2.75) is 6.54 Å². The van der Waals surface area contributed by atoms with Crippen molar-refractivity contribution in [1.82, 2.24) is 5.32 Å². The standard InChI is InChI=1S/C16H15N/c1-17-11-16-14-8-4-2-6-12(14)10-13-7-3-5-9-15(13)16/h2-10,17H,11H2,1H3. The van der Waals surface area contributed by atoms with E-state index >= 15 is 0 Å². The lowest BCUT2D eigenvalue weighted by Gasteiger charge is -2.10. The zero-order valence-electron chi connectivity index (χ0n) is 9.90. The molecule has 0 fully saturated rings. The molecule has 0 aromatic heterocycles. The highest BCUT2D eigenvalue weighted by atomic mass is 14.8. The molecule has 0 amide bonds. The van der Waals surface area contributed by atoms with E-state index in [1.165, 1.54) is 27.1 Å². The Bertz CT molecular complexity index is 616. The third-order valence-electron chi connectivity index (χ3n) is 3.24. The van der Waals surface area contributed by atoms with Gasteiger partial charge in [0.2, 0.25) is 0 Å². The molecule has 0 aliphatic carbocycles. The first-order valence-electron chi connectivity index (χ1n) is 5.94. The second-order valence-electron chi connectivity index (χ2n) is 4.33. The van der Waals surface area contributed by atoms with Crippen molar-refractivity contribution in [2.24, 2.45) is 0 Å². The summed E-state index contributed by atoms with van der Waals surface area (Å²) in [4.78, 5) is 0. The van der Waals surface area contributed by atoms with Crippen LogP contribution in [0.25, 0.3) is 21.5 Å². The summed E-state index contributed by atoms with van der Waals surface area (Å²) in [6.07, 6.45) is 0. The molecule has 0 unspecified atom stereocenters. The lowest BCUT2D eigenvalue weighted by molar-refractivity contribution is 0.829. The van der Waals surface area contributed by atoms with Gasteiger partial charge in [-0.2, -0.15) is 0 Å². The number of hydrogen-bond acceptors (Lipinski definition) is 1. The summed E-state index contributed by atoms with van der Waals surface area (Å²) in [5.41, 5.74) is 1.39. The Morgan fingerprint density at radius 1 is 0.824 bits per heavy atom. The fourth-order valence-corrected chi connectivity index (χ4v) is 2.48. The van der Waals surface area contributed by atoms with E-state index in [4.69, 9.17) is 0 Å². The number of rotatable bonds is 2. The van der Waals surface area contributed by atoms with E-state index in [0.717, 1.165) is 6.54 Å². The molecule has 0 heterocycles. The molecule has 0 saturated heterocycles. The molecular formula is C16H15N. The van der Waals surface area contributed by atoms with Crippen LogP contribution in [0.4, 0.5) is 0 Å². The van der Waals surface area contributed by atoms with Crippen LogP contribution in [-0.2, 0) is 6.54 Å². The Balaban J connectivity index is 2.47. The van der Waals surface area contributed by atoms with Gasteiger partial charge in [-0.1, -0.05) is 48.5 Å². The van der Waals surface area contributed by atoms with Gasteiger partial charge < -0.3 is 5.32 Å². The molecule has 84 valence electrons. The lowest BCUT2D eigenvalue weighted by Crippen LogP contribution is -2.06. The fourth-order valence-electron chi connectivity index (χ4n) is 2.48. The largest absolute Gasteiger partial charge is 0.316 e. The van der Waals surface area contributed by atoms with Gasteiger partial charge in [-0.25, -0.2) is 0 Å². The first-order valence-corrected chi connectivity index (χ1v) is 5.94. The Morgan fingerprint density at radius 3 is 1.88 bits per heavy atom. The quantitative estimate of drug-likeness (QED) is 0.650. The molecule has 1 heteroatoms. The number of hydrogen-bond donors (Lipinski definition) is 1. The number of nitrogens with one attached hydrogen (secondary N) is 1. The predicted octanol–water partition coefficient (Wildman–Crippen LogP) is 3.71. The first-order chi connectivity index (χ1) is 8.40. The first kappa shape index (κ1) is 10.3. The van der Waals surface area contributed by atoms with E-state index in [1.807, 2.05) is 7.05 Å². The summed E-state index contributed by atoms with van der Waals surface area (Å²) < 4.78 is 0. The summed E-state index contributed by atoms with van der Waals surface area (Å²) in [7, 11) is 2.00. The zero-order chi connectivity index (χ0) is 11.7. The Labute approximate surface area is 101 Å². The van der Waals surface area contributed by atoms with Crippen LogP contribution < -0.4 is 5.32 Å². The summed E-state index contributed by atoms with van der Waals surface area (Å²) in [5, 5.41) is 8.60. The van der Waals surface area contributed by atoms with Gasteiger partial charge in [-0.05, 0) is 40.2 Å². The van der Waals surface area contributed by atoms with Gasteiger partial charge >= 0.3 is 0 Å². The average molecular weight is 221 g/mol. The van der Waals surface area contributed by atoms with E-state index in [1.54, 1.807) is 0 Å². The third-order valence-corrected chi connectivity index (χ3v) is 3.24. The van der Waals surface area contributed by atoms with E-state index in [0.29, 0.717) is 0 Å². The third kappa shape index (κ3) is 1.69. The highest BCUT2D eigenvalue weighted by molar-refractivity contribution is 6.02. The SMILES string of the molecule is CNCc1c2ccccc2cc2ccccc12. The summed E-state index contributed by atoms with van der Waals surface area (Å²) in [5.74, 6) is 0. The molecule has 0 aliphatic heterocycles. The van der Waals surface area contributed by atoms with Gasteiger partial charge in [0, 0.05) is 6.54 Å². The second kappa shape index (κ2) is 4.19. The van der Waals surface area contributed by atoms with Crippen molar-refractivity contribution < 1.29 is 0 Å². The van der Waals surface area contributed by atoms with Crippen molar-refractivity contribution in [3.63, 3.8) is 0 Å². The maximum Gasteiger partial charge on any atom is 0.0214 e. The maximum atomic E-state index is 3.27. The molecule has 17 heavy (non-hydrogen) atoms. The zero-order valence-corrected chi connectivity index (χ0v) is 9.90. The second-order valence-corrected chi connectivity index (χ2v) is 4.33. The smallest absolute Gasteiger partial charge is 0.0214 e. The fraction of sp³-hybridized carbons (Fsp3) is 0.125. The Kier molecular flexibility index (Phi) is 2.54. The molecule has 0 aliphatic rings. The summed E-state index contributed by atoms with van der Waals surface area (Å²) in [6.45, 7) is 0.905. The van der Waals surface area contributed by atoms with Crippen molar-refractivity contribution in [3.8, 4) is 0 Å². The number of benzene rings is 3. The molecule has 1 N–H and O–H groups in total. The van der Waals surface area contributed by atoms with Gasteiger partial charge in [0.05, 0.1) is 0 Å². The van der Waals surface area contributed by atoms with E-state index in [-0.39, 0.29) is 0 Å². The minimum Gasteiger partial charge on any atom is -0.316 e. The van der Waals surface area contributed by atoms with Crippen LogP contribution >= 0.6 is 0 Å². The van der Waals surface area contributed by atoms with Crippen molar-refractivity contribution in [2.75, 3.05) is 7.05 Å². The molecule has 3 aromatic rings. The molecule has 3 aromatic carbocycles.